The molecule has 8 nitrogen and oxygen atoms in total. The highest BCUT2D eigenvalue weighted by Gasteiger charge is 2.19. The largest absolute Gasteiger partial charge is 0.503 e. The van der Waals surface area contributed by atoms with Gasteiger partial charge in [0.05, 0.1) is 17.8 Å². The smallest absolute Gasteiger partial charge is 0.335 e. The van der Waals surface area contributed by atoms with Crippen LogP contribution >= 0.6 is 0 Å². The SMILES string of the molecule is [C-]#[N+]c1c(C)c(N=Nc2ccc(C(=O)O)cc2)c(=O)n(CCCC)c1O. The van der Waals surface area contributed by atoms with E-state index >= 15 is 0 Å². The molecule has 0 radical (unpaired) electrons. The number of aromatic hydroxyl groups is 1. The fraction of sp³-hybridized carbons (Fsp3) is 0.278. The number of hydrogen-bond donors (Lipinski definition) is 2. The molecular formula is C18H18N4O4. The van der Waals surface area contributed by atoms with E-state index in [0.29, 0.717) is 12.1 Å². The van der Waals surface area contributed by atoms with Crippen molar-refractivity contribution in [1.82, 2.24) is 4.57 Å². The van der Waals surface area contributed by atoms with Gasteiger partial charge in [-0.1, -0.05) is 13.3 Å². The Morgan fingerprint density at radius 2 is 1.92 bits per heavy atom. The lowest BCUT2D eigenvalue weighted by Gasteiger charge is -2.12. The number of azo groups is 1. The number of benzene rings is 1. The summed E-state index contributed by atoms with van der Waals surface area (Å²) in [6.45, 7) is 11.0. The Morgan fingerprint density at radius 1 is 1.27 bits per heavy atom. The number of pyridine rings is 1. The molecule has 0 fully saturated rings. The van der Waals surface area contributed by atoms with E-state index in [4.69, 9.17) is 11.7 Å². The first-order valence-electron chi connectivity index (χ1n) is 7.99. The number of carboxylic acids is 1. The van der Waals surface area contributed by atoms with Crippen LogP contribution in [0.15, 0.2) is 39.3 Å². The Morgan fingerprint density at radius 3 is 2.46 bits per heavy atom. The predicted octanol–water partition coefficient (Wildman–Crippen LogP) is 4.33. The van der Waals surface area contributed by atoms with Gasteiger partial charge < -0.3 is 10.2 Å². The van der Waals surface area contributed by atoms with Crippen LogP contribution in [-0.4, -0.2) is 20.7 Å². The lowest BCUT2D eigenvalue weighted by molar-refractivity contribution is 0.0697. The fourth-order valence-corrected chi connectivity index (χ4v) is 2.35. The maximum atomic E-state index is 12.6. The molecule has 1 heterocycles. The van der Waals surface area contributed by atoms with Gasteiger partial charge in [-0.25, -0.2) is 9.64 Å². The van der Waals surface area contributed by atoms with E-state index in [0.717, 1.165) is 11.0 Å². The van der Waals surface area contributed by atoms with Gasteiger partial charge in [0.25, 0.3) is 5.56 Å². The van der Waals surface area contributed by atoms with Crippen molar-refractivity contribution in [2.45, 2.75) is 33.2 Å². The molecular weight excluding hydrogens is 336 g/mol. The third-order valence-corrected chi connectivity index (χ3v) is 3.85. The minimum absolute atomic E-state index is 0.0211. The van der Waals surface area contributed by atoms with E-state index in [2.05, 4.69) is 15.1 Å². The summed E-state index contributed by atoms with van der Waals surface area (Å²) in [6.07, 6.45) is 1.49. The van der Waals surface area contributed by atoms with Gasteiger partial charge in [-0.15, -0.1) is 5.11 Å². The fourth-order valence-electron chi connectivity index (χ4n) is 2.35. The topological polar surface area (TPSA) is 109 Å². The van der Waals surface area contributed by atoms with Crippen LogP contribution in [0.25, 0.3) is 4.85 Å². The van der Waals surface area contributed by atoms with Gasteiger partial charge in [0.2, 0.25) is 5.69 Å². The number of aromatic nitrogens is 1. The second kappa shape index (κ2) is 8.07. The third kappa shape index (κ3) is 3.78. The zero-order valence-corrected chi connectivity index (χ0v) is 14.4. The van der Waals surface area contributed by atoms with Gasteiger partial charge in [-0.2, -0.15) is 5.11 Å². The standard InChI is InChI=1S/C18H18N4O4/c1-4-5-10-22-16(23)14(19-3)11(2)15(17(22)24)21-20-13-8-6-12(7-9-13)18(25)26/h6-9,23H,4-5,10H2,1-2H3,(H,25,26). The van der Waals surface area contributed by atoms with Gasteiger partial charge >= 0.3 is 5.97 Å². The molecule has 1 aromatic heterocycles. The highest BCUT2D eigenvalue weighted by Crippen LogP contribution is 2.34. The molecule has 8 heteroatoms. The molecule has 2 N–H and O–H groups in total. The first-order valence-corrected chi connectivity index (χ1v) is 7.99. The molecule has 1 aromatic carbocycles. The van der Waals surface area contributed by atoms with E-state index in [9.17, 15) is 14.7 Å². The maximum Gasteiger partial charge on any atom is 0.335 e. The van der Waals surface area contributed by atoms with Crippen molar-refractivity contribution in [2.24, 2.45) is 10.2 Å². The molecule has 2 aromatic rings. The van der Waals surface area contributed by atoms with Crippen LogP contribution in [0.3, 0.4) is 0 Å². The molecule has 134 valence electrons. The van der Waals surface area contributed by atoms with E-state index in [-0.39, 0.29) is 34.9 Å². The average molecular weight is 354 g/mol. The van der Waals surface area contributed by atoms with Crippen molar-refractivity contribution in [1.29, 1.82) is 0 Å². The number of carbonyl (C=O) groups is 1. The zero-order valence-electron chi connectivity index (χ0n) is 14.4. The molecule has 0 amide bonds. The Labute approximate surface area is 149 Å². The lowest BCUT2D eigenvalue weighted by atomic mass is 10.2. The molecule has 2 rings (SSSR count). The summed E-state index contributed by atoms with van der Waals surface area (Å²) in [5, 5.41) is 27.0. The highest BCUT2D eigenvalue weighted by atomic mass is 16.4. The van der Waals surface area contributed by atoms with Crippen molar-refractivity contribution >= 4 is 23.0 Å². The highest BCUT2D eigenvalue weighted by molar-refractivity contribution is 5.87. The normalized spacial score (nSPS) is 10.8. The minimum Gasteiger partial charge on any atom is -0.503 e. The quantitative estimate of drug-likeness (QED) is 0.594. The van der Waals surface area contributed by atoms with E-state index in [1.54, 1.807) is 0 Å². The van der Waals surface area contributed by atoms with E-state index in [1.807, 2.05) is 6.92 Å². The Kier molecular flexibility index (Phi) is 5.86. The average Bonchev–Trinajstić information content (AvgIpc) is 2.62. The van der Waals surface area contributed by atoms with Crippen molar-refractivity contribution in [2.75, 3.05) is 0 Å². The third-order valence-electron chi connectivity index (χ3n) is 3.85. The minimum atomic E-state index is -1.05. The molecule has 0 aliphatic rings. The number of hydrogen-bond acceptors (Lipinski definition) is 5. The lowest BCUT2D eigenvalue weighted by Crippen LogP contribution is -2.20. The zero-order chi connectivity index (χ0) is 19.3. The van der Waals surface area contributed by atoms with Gasteiger partial charge in [-0.3, -0.25) is 9.36 Å². The summed E-state index contributed by atoms with van der Waals surface area (Å²) in [5.41, 5.74) is 0.157. The molecule has 0 aliphatic carbocycles. The molecule has 0 unspecified atom stereocenters. The summed E-state index contributed by atoms with van der Waals surface area (Å²) in [7, 11) is 0. The molecule has 0 aliphatic heterocycles. The van der Waals surface area contributed by atoms with Gasteiger partial charge in [-0.05, 0) is 43.2 Å². The number of carboxylic acid groups (broad SMARTS) is 1. The molecule has 26 heavy (non-hydrogen) atoms. The van der Waals surface area contributed by atoms with Crippen molar-refractivity contribution in [3.05, 3.63) is 57.2 Å². The summed E-state index contributed by atoms with van der Waals surface area (Å²) >= 11 is 0. The number of rotatable bonds is 6. The van der Waals surface area contributed by atoms with Crippen LogP contribution in [0, 0.1) is 13.5 Å². The van der Waals surface area contributed by atoms with Crippen molar-refractivity contribution < 1.29 is 15.0 Å². The van der Waals surface area contributed by atoms with E-state index < -0.39 is 11.5 Å². The van der Waals surface area contributed by atoms with Crippen LogP contribution in [0.2, 0.25) is 0 Å². The van der Waals surface area contributed by atoms with Crippen molar-refractivity contribution in [3.8, 4) is 5.88 Å². The van der Waals surface area contributed by atoms with Crippen LogP contribution < -0.4 is 5.56 Å². The van der Waals surface area contributed by atoms with Gasteiger partial charge in [0, 0.05) is 6.54 Å². The monoisotopic (exact) mass is 354 g/mol. The summed E-state index contributed by atoms with van der Waals surface area (Å²) in [6, 6.07) is 5.69. The van der Waals surface area contributed by atoms with E-state index in [1.165, 1.54) is 31.2 Å². The van der Waals surface area contributed by atoms with Crippen LogP contribution in [0.1, 0.15) is 35.7 Å². The molecule has 0 bridgehead atoms. The second-order valence-electron chi connectivity index (χ2n) is 5.62. The first kappa shape index (κ1) is 18.9. The molecule has 0 saturated carbocycles. The number of unbranched alkanes of at least 4 members (excludes halogenated alkanes) is 1. The predicted molar refractivity (Wildman–Crippen MR) is 95.9 cm³/mol. The van der Waals surface area contributed by atoms with Gasteiger partial charge in [0.1, 0.15) is 5.69 Å². The van der Waals surface area contributed by atoms with Crippen LogP contribution in [-0.2, 0) is 6.54 Å². The summed E-state index contributed by atoms with van der Waals surface area (Å²) < 4.78 is 1.13. The Bertz CT molecular complexity index is 953. The first-order chi connectivity index (χ1) is 12.4. The van der Waals surface area contributed by atoms with Crippen LogP contribution in [0.5, 0.6) is 5.88 Å². The van der Waals surface area contributed by atoms with Gasteiger partial charge in [0.15, 0.2) is 5.88 Å². The maximum absolute atomic E-state index is 12.6. The summed E-state index contributed by atoms with van der Waals surface area (Å²) in [5.74, 6) is -1.41. The Hall–Kier alpha value is -3.47. The second-order valence-corrected chi connectivity index (χ2v) is 5.62. The molecule has 0 atom stereocenters. The van der Waals surface area contributed by atoms with Crippen LogP contribution in [0.4, 0.5) is 17.1 Å². The van der Waals surface area contributed by atoms with Crippen molar-refractivity contribution in [3.63, 3.8) is 0 Å². The molecule has 0 spiro atoms. The number of aromatic carboxylic acids is 1. The Balaban J connectivity index is 2.49. The summed E-state index contributed by atoms with van der Waals surface area (Å²) in [4.78, 5) is 26.8. The number of nitrogens with zero attached hydrogens (tertiary/aromatic N) is 4. The molecule has 0 saturated heterocycles.